The van der Waals surface area contributed by atoms with Gasteiger partial charge in [-0.3, -0.25) is 0 Å². The molecule has 2 aromatic rings. The Morgan fingerprint density at radius 1 is 1.10 bits per heavy atom. The number of hydrogen-bond donors (Lipinski definition) is 1. The number of benzene rings is 2. The Bertz CT molecular complexity index is 587. The van der Waals surface area contributed by atoms with Gasteiger partial charge in [0.15, 0.2) is 0 Å². The minimum absolute atomic E-state index is 0.776. The molecule has 0 saturated heterocycles. The standard InChI is InChI=1S/C15H15Br2NOS/c1-19-15-8-14(12(16)7-13(15)17)18-9-10-3-5-11(20-2)6-4-10/h3-8,18H,9H2,1-2H3. The van der Waals surface area contributed by atoms with Gasteiger partial charge >= 0.3 is 0 Å². The fourth-order valence-electron chi connectivity index (χ4n) is 1.76. The molecule has 0 bridgehead atoms. The van der Waals surface area contributed by atoms with Gasteiger partial charge in [0.1, 0.15) is 5.75 Å². The predicted molar refractivity (Wildman–Crippen MR) is 93.9 cm³/mol. The normalized spacial score (nSPS) is 10.4. The predicted octanol–water partition coefficient (Wildman–Crippen LogP) is 5.55. The van der Waals surface area contributed by atoms with Crippen LogP contribution in [0.4, 0.5) is 5.69 Å². The Labute approximate surface area is 140 Å². The summed E-state index contributed by atoms with van der Waals surface area (Å²) in [6, 6.07) is 12.5. The first-order valence-electron chi connectivity index (χ1n) is 6.04. The van der Waals surface area contributed by atoms with Crippen molar-refractivity contribution in [3.05, 3.63) is 50.9 Å². The Balaban J connectivity index is 2.09. The Hall–Kier alpha value is -0.650. The fraction of sp³-hybridized carbons (Fsp3) is 0.200. The minimum atomic E-state index is 0.776. The van der Waals surface area contributed by atoms with Gasteiger partial charge in [0.05, 0.1) is 17.3 Å². The van der Waals surface area contributed by atoms with Gasteiger partial charge in [0.25, 0.3) is 0 Å². The third kappa shape index (κ3) is 3.93. The Kier molecular flexibility index (Phi) is 5.81. The number of nitrogens with one attached hydrogen (secondary N) is 1. The summed E-state index contributed by atoms with van der Waals surface area (Å²) in [4.78, 5) is 1.28. The van der Waals surface area contributed by atoms with E-state index in [1.54, 1.807) is 18.9 Å². The summed E-state index contributed by atoms with van der Waals surface area (Å²) in [5.41, 5.74) is 2.26. The zero-order valence-corrected chi connectivity index (χ0v) is 15.2. The molecular weight excluding hydrogens is 402 g/mol. The molecule has 0 atom stereocenters. The highest BCUT2D eigenvalue weighted by Crippen LogP contribution is 2.34. The lowest BCUT2D eigenvalue weighted by Gasteiger charge is -2.12. The van der Waals surface area contributed by atoms with Crippen molar-refractivity contribution < 1.29 is 4.74 Å². The van der Waals surface area contributed by atoms with Gasteiger partial charge in [-0.15, -0.1) is 11.8 Å². The van der Waals surface area contributed by atoms with E-state index in [9.17, 15) is 0 Å². The summed E-state index contributed by atoms with van der Waals surface area (Å²) in [7, 11) is 1.67. The average molecular weight is 417 g/mol. The van der Waals surface area contributed by atoms with E-state index in [-0.39, 0.29) is 0 Å². The average Bonchev–Trinajstić information content (AvgIpc) is 2.47. The van der Waals surface area contributed by atoms with E-state index in [0.29, 0.717) is 0 Å². The minimum Gasteiger partial charge on any atom is -0.495 e. The SMILES string of the molecule is COc1cc(NCc2ccc(SC)cc2)c(Br)cc1Br. The molecule has 20 heavy (non-hydrogen) atoms. The van der Waals surface area contributed by atoms with Crippen molar-refractivity contribution in [2.75, 3.05) is 18.7 Å². The highest BCUT2D eigenvalue weighted by atomic mass is 79.9. The van der Waals surface area contributed by atoms with Crippen molar-refractivity contribution in [1.82, 2.24) is 0 Å². The lowest BCUT2D eigenvalue weighted by Crippen LogP contribution is -2.00. The summed E-state index contributed by atoms with van der Waals surface area (Å²) in [5.74, 6) is 0.813. The summed E-state index contributed by atoms with van der Waals surface area (Å²) < 4.78 is 7.25. The van der Waals surface area contributed by atoms with Crippen LogP contribution >= 0.6 is 43.6 Å². The Morgan fingerprint density at radius 3 is 2.40 bits per heavy atom. The first-order valence-corrected chi connectivity index (χ1v) is 8.85. The van der Waals surface area contributed by atoms with E-state index >= 15 is 0 Å². The van der Waals surface area contributed by atoms with Crippen LogP contribution < -0.4 is 10.1 Å². The molecule has 0 unspecified atom stereocenters. The number of hydrogen-bond acceptors (Lipinski definition) is 3. The van der Waals surface area contributed by atoms with Gasteiger partial charge in [-0.2, -0.15) is 0 Å². The maximum absolute atomic E-state index is 5.31. The van der Waals surface area contributed by atoms with E-state index < -0.39 is 0 Å². The molecule has 0 spiro atoms. The zero-order chi connectivity index (χ0) is 14.5. The molecule has 2 aromatic carbocycles. The van der Waals surface area contributed by atoms with Crippen LogP contribution in [0.5, 0.6) is 5.75 Å². The molecule has 0 saturated carbocycles. The maximum Gasteiger partial charge on any atom is 0.135 e. The van der Waals surface area contributed by atoms with E-state index in [2.05, 4.69) is 67.7 Å². The van der Waals surface area contributed by atoms with E-state index in [4.69, 9.17) is 4.74 Å². The summed E-state index contributed by atoms with van der Waals surface area (Å²) in [5, 5.41) is 3.41. The van der Waals surface area contributed by atoms with Crippen molar-refractivity contribution in [3.8, 4) is 5.75 Å². The number of anilines is 1. The van der Waals surface area contributed by atoms with Crippen molar-refractivity contribution in [2.45, 2.75) is 11.4 Å². The third-order valence-corrected chi connectivity index (χ3v) is 4.90. The highest BCUT2D eigenvalue weighted by molar-refractivity contribution is 9.11. The van der Waals surface area contributed by atoms with Crippen LogP contribution in [-0.4, -0.2) is 13.4 Å². The Morgan fingerprint density at radius 2 is 1.80 bits per heavy atom. The number of rotatable bonds is 5. The smallest absolute Gasteiger partial charge is 0.135 e. The molecule has 1 N–H and O–H groups in total. The molecule has 106 valence electrons. The zero-order valence-electron chi connectivity index (χ0n) is 11.2. The number of thioether (sulfide) groups is 1. The van der Waals surface area contributed by atoms with Gasteiger partial charge in [0.2, 0.25) is 0 Å². The molecule has 0 amide bonds. The van der Waals surface area contributed by atoms with Crippen LogP contribution in [0.3, 0.4) is 0 Å². The molecule has 5 heteroatoms. The molecule has 0 heterocycles. The van der Waals surface area contributed by atoms with Crippen LogP contribution in [0, 0.1) is 0 Å². The van der Waals surface area contributed by atoms with Crippen LogP contribution in [-0.2, 0) is 6.54 Å². The first-order chi connectivity index (χ1) is 9.63. The monoisotopic (exact) mass is 415 g/mol. The summed E-state index contributed by atoms with van der Waals surface area (Å²) in [6.07, 6.45) is 2.08. The second kappa shape index (κ2) is 7.38. The van der Waals surface area contributed by atoms with Crippen LogP contribution in [0.2, 0.25) is 0 Å². The summed E-state index contributed by atoms with van der Waals surface area (Å²) >= 11 is 8.77. The second-order valence-corrected chi connectivity index (χ2v) is 6.76. The number of methoxy groups -OCH3 is 1. The molecule has 2 nitrogen and oxygen atoms in total. The number of ether oxygens (including phenoxy) is 1. The lowest BCUT2D eigenvalue weighted by atomic mass is 10.2. The third-order valence-electron chi connectivity index (χ3n) is 2.88. The van der Waals surface area contributed by atoms with Crippen molar-refractivity contribution in [3.63, 3.8) is 0 Å². The number of halogens is 2. The van der Waals surface area contributed by atoms with Gasteiger partial charge in [-0.05, 0) is 61.9 Å². The maximum atomic E-state index is 5.31. The molecule has 0 aliphatic rings. The molecular formula is C15H15Br2NOS. The molecule has 0 aliphatic heterocycles. The first kappa shape index (κ1) is 15.7. The quantitative estimate of drug-likeness (QED) is 0.645. The van der Waals surface area contributed by atoms with Gasteiger partial charge in [-0.1, -0.05) is 12.1 Å². The topological polar surface area (TPSA) is 21.3 Å². The molecule has 0 radical (unpaired) electrons. The lowest BCUT2D eigenvalue weighted by molar-refractivity contribution is 0.412. The highest BCUT2D eigenvalue weighted by Gasteiger charge is 2.07. The molecule has 0 fully saturated rings. The fourth-order valence-corrected chi connectivity index (χ4v) is 3.47. The second-order valence-electron chi connectivity index (χ2n) is 4.17. The van der Waals surface area contributed by atoms with E-state index in [1.807, 2.05) is 12.1 Å². The van der Waals surface area contributed by atoms with E-state index in [0.717, 1.165) is 26.9 Å². The molecule has 0 aliphatic carbocycles. The largest absolute Gasteiger partial charge is 0.495 e. The van der Waals surface area contributed by atoms with Crippen LogP contribution in [0.25, 0.3) is 0 Å². The van der Waals surface area contributed by atoms with Gasteiger partial charge < -0.3 is 10.1 Å². The van der Waals surface area contributed by atoms with Gasteiger partial charge in [0, 0.05) is 22.0 Å². The molecule has 2 rings (SSSR count). The van der Waals surface area contributed by atoms with Crippen LogP contribution in [0.1, 0.15) is 5.56 Å². The van der Waals surface area contributed by atoms with E-state index in [1.165, 1.54) is 10.5 Å². The van der Waals surface area contributed by atoms with Crippen molar-refractivity contribution >= 4 is 49.3 Å². The summed E-state index contributed by atoms with van der Waals surface area (Å²) in [6.45, 7) is 0.776. The molecule has 0 aromatic heterocycles. The van der Waals surface area contributed by atoms with Crippen molar-refractivity contribution in [1.29, 1.82) is 0 Å². The van der Waals surface area contributed by atoms with Gasteiger partial charge in [-0.25, -0.2) is 0 Å². The van der Waals surface area contributed by atoms with Crippen LogP contribution in [0.15, 0.2) is 50.2 Å². The van der Waals surface area contributed by atoms with Crippen molar-refractivity contribution in [2.24, 2.45) is 0 Å².